The highest BCUT2D eigenvalue weighted by Crippen LogP contribution is 2.35. The van der Waals surface area contributed by atoms with Crippen molar-refractivity contribution in [1.29, 1.82) is 0 Å². The van der Waals surface area contributed by atoms with E-state index in [-0.39, 0.29) is 75.6 Å². The highest BCUT2D eigenvalue weighted by molar-refractivity contribution is 6.51. The highest BCUT2D eigenvalue weighted by atomic mass is 19.1. The number of imide groups is 1. The van der Waals surface area contributed by atoms with E-state index in [9.17, 15) is 14.4 Å². The summed E-state index contributed by atoms with van der Waals surface area (Å²) >= 11 is 0. The van der Waals surface area contributed by atoms with Crippen LogP contribution in [0.2, 0.25) is 0 Å². The summed E-state index contributed by atoms with van der Waals surface area (Å²) in [6.45, 7) is 5.80. The van der Waals surface area contributed by atoms with E-state index in [4.69, 9.17) is 59.7 Å². The van der Waals surface area contributed by atoms with Gasteiger partial charge in [-0.2, -0.15) is 0 Å². The summed E-state index contributed by atoms with van der Waals surface area (Å²) in [7, 11) is 43.1. The average Bonchev–Trinajstić information content (AvgIpc) is 3.29. The molecule has 1 aromatic rings. The van der Waals surface area contributed by atoms with E-state index in [1.54, 1.807) is 0 Å². The minimum absolute atomic E-state index is 0.0203. The molecule has 4 rings (SSSR count). The van der Waals surface area contributed by atoms with Gasteiger partial charge in [-0.15, -0.1) is 12.1 Å². The third kappa shape index (κ3) is 5.91. The number of carbonyl (C=O) groups is 3. The first kappa shape index (κ1) is 31.1. The molecular weight excluding hydrogens is 515 g/mol. The van der Waals surface area contributed by atoms with Crippen LogP contribution >= 0.6 is 0 Å². The second-order valence-corrected chi connectivity index (χ2v) is 10.2. The Balaban J connectivity index is 1.68. The molecule has 2 N–H and O–H groups in total. The molecule has 1 unspecified atom stereocenters. The number of carbonyl (C=O) groups excluding carboxylic acids is 3. The molecule has 0 aromatic heterocycles. The number of piperidine rings is 1. The van der Waals surface area contributed by atoms with Crippen molar-refractivity contribution in [3.05, 3.63) is 51.2 Å². The SMILES string of the molecule is [B]C(=C)/C([B])=C1/C(=O)N(C2([B])CCC(=O)NC2=O)C/C1=C(/[B])NCc1c([B])c(CN2CCOCC2)c([B])c([B])c1F. The molecule has 194 valence electrons. The number of nitrogens with zero attached hydrogens (tertiary/aromatic N) is 2. The van der Waals surface area contributed by atoms with E-state index in [0.29, 0.717) is 38.4 Å². The lowest BCUT2D eigenvalue weighted by atomic mass is 9.70. The maximum Gasteiger partial charge on any atom is 0.254 e. The standard InChI is InChI=1S/C25H22B7FN4O4/c1-11(26)17(27)16-13(10-37(23(16)39)25(32)3-2-15(38)35-24(25)40)22(31)34-8-12-18(28)14(19(29)20(30)21(12)33)9-36-4-6-41-7-5-36/h34H,1-10H2,(H,35,38,40)/b17-16-,22-13+. The van der Waals surface area contributed by atoms with Crippen LogP contribution in [0, 0.1) is 5.82 Å². The van der Waals surface area contributed by atoms with Crippen LogP contribution in [-0.4, -0.2) is 121 Å². The zero-order chi connectivity index (χ0) is 30.2. The lowest BCUT2D eigenvalue weighted by molar-refractivity contribution is -0.145. The molecule has 3 amide bonds. The lowest BCUT2D eigenvalue weighted by Crippen LogP contribution is -2.63. The Morgan fingerprint density at radius 2 is 1.71 bits per heavy atom. The Bertz CT molecular complexity index is 1400. The van der Waals surface area contributed by atoms with E-state index in [1.165, 1.54) is 0 Å². The van der Waals surface area contributed by atoms with Gasteiger partial charge in [0.2, 0.25) is 11.8 Å². The van der Waals surface area contributed by atoms with Crippen LogP contribution in [-0.2, 0) is 32.2 Å². The number of ether oxygens (including phenoxy) is 1. The summed E-state index contributed by atoms with van der Waals surface area (Å²) in [5.74, 6) is -2.91. The average molecular weight is 537 g/mol. The molecule has 3 aliphatic rings. The number of hydrogen-bond acceptors (Lipinski definition) is 6. The molecular formula is C25H22B7FN4O4. The zero-order valence-electron chi connectivity index (χ0n) is 22.5. The fourth-order valence-electron chi connectivity index (χ4n) is 5.03. The van der Waals surface area contributed by atoms with Crippen molar-refractivity contribution in [2.75, 3.05) is 32.8 Å². The van der Waals surface area contributed by atoms with Gasteiger partial charge in [0.1, 0.15) is 60.7 Å². The third-order valence-corrected chi connectivity index (χ3v) is 7.59. The van der Waals surface area contributed by atoms with Crippen molar-refractivity contribution in [1.82, 2.24) is 20.4 Å². The summed E-state index contributed by atoms with van der Waals surface area (Å²) in [6, 6.07) is 0. The van der Waals surface area contributed by atoms with Crippen molar-refractivity contribution in [3.63, 3.8) is 0 Å². The largest absolute Gasteiger partial charge is 0.393 e. The van der Waals surface area contributed by atoms with Crippen molar-refractivity contribution < 1.29 is 23.5 Å². The van der Waals surface area contributed by atoms with Crippen molar-refractivity contribution in [2.24, 2.45) is 0 Å². The smallest absolute Gasteiger partial charge is 0.254 e. The fraction of sp³-hybridized carbons (Fsp3) is 0.400. The molecule has 0 spiro atoms. The van der Waals surface area contributed by atoms with Gasteiger partial charge in [0.15, 0.2) is 0 Å². The molecule has 0 aliphatic carbocycles. The normalized spacial score (nSPS) is 24.3. The number of nitrogens with one attached hydrogen (secondary N) is 2. The number of amides is 3. The van der Waals surface area contributed by atoms with E-state index < -0.39 is 29.0 Å². The highest BCUT2D eigenvalue weighted by Gasteiger charge is 2.49. The maximum atomic E-state index is 15.3. The Hall–Kier alpha value is -2.85. The van der Waals surface area contributed by atoms with Crippen LogP contribution in [0.25, 0.3) is 0 Å². The Morgan fingerprint density at radius 3 is 2.32 bits per heavy atom. The molecule has 3 aliphatic heterocycles. The van der Waals surface area contributed by atoms with Crippen LogP contribution in [0.1, 0.15) is 24.0 Å². The second kappa shape index (κ2) is 12.2. The number of benzene rings is 1. The van der Waals surface area contributed by atoms with Crippen LogP contribution < -0.4 is 27.0 Å². The Morgan fingerprint density at radius 1 is 1.05 bits per heavy atom. The van der Waals surface area contributed by atoms with E-state index in [1.807, 2.05) is 0 Å². The zero-order valence-corrected chi connectivity index (χ0v) is 22.5. The van der Waals surface area contributed by atoms with Crippen molar-refractivity contribution in [3.8, 4) is 0 Å². The number of morpholine rings is 1. The molecule has 1 aromatic carbocycles. The quantitative estimate of drug-likeness (QED) is 0.208. The van der Waals surface area contributed by atoms with Gasteiger partial charge in [0.05, 0.1) is 18.7 Å². The summed E-state index contributed by atoms with van der Waals surface area (Å²) in [5.41, 5.74) is -1.83. The van der Waals surface area contributed by atoms with Gasteiger partial charge in [-0.25, -0.2) is 4.39 Å². The first-order valence-electron chi connectivity index (χ1n) is 12.8. The number of rotatable bonds is 7. The monoisotopic (exact) mass is 538 g/mol. The fourth-order valence-corrected chi connectivity index (χ4v) is 5.03. The van der Waals surface area contributed by atoms with Gasteiger partial charge in [0, 0.05) is 44.7 Å². The van der Waals surface area contributed by atoms with Gasteiger partial charge < -0.3 is 15.0 Å². The van der Waals surface area contributed by atoms with E-state index >= 15 is 4.39 Å². The first-order valence-corrected chi connectivity index (χ1v) is 12.8. The van der Waals surface area contributed by atoms with Crippen LogP contribution in [0.5, 0.6) is 0 Å². The van der Waals surface area contributed by atoms with E-state index in [2.05, 4.69) is 22.1 Å². The first-order chi connectivity index (χ1) is 19.3. The van der Waals surface area contributed by atoms with E-state index in [0.717, 1.165) is 4.90 Å². The molecule has 3 saturated heterocycles. The van der Waals surface area contributed by atoms with Gasteiger partial charge in [-0.05, 0) is 28.7 Å². The van der Waals surface area contributed by atoms with Crippen LogP contribution in [0.4, 0.5) is 4.39 Å². The minimum atomic E-state index is -1.86. The third-order valence-electron chi connectivity index (χ3n) is 7.59. The van der Waals surface area contributed by atoms with Crippen molar-refractivity contribution in [2.45, 2.75) is 31.4 Å². The predicted octanol–water partition coefficient (Wildman–Crippen LogP) is -4.24. The molecule has 41 heavy (non-hydrogen) atoms. The van der Waals surface area contributed by atoms with Crippen molar-refractivity contribution >= 4 is 89.0 Å². The van der Waals surface area contributed by atoms with Gasteiger partial charge in [-0.1, -0.05) is 21.9 Å². The minimum Gasteiger partial charge on any atom is -0.393 e. The summed E-state index contributed by atoms with van der Waals surface area (Å²) in [5, 5.41) is 5.02. The van der Waals surface area contributed by atoms with Crippen LogP contribution in [0.15, 0.2) is 34.3 Å². The van der Waals surface area contributed by atoms with Gasteiger partial charge in [0.25, 0.3) is 5.91 Å². The van der Waals surface area contributed by atoms with Gasteiger partial charge in [-0.3, -0.25) is 24.6 Å². The lowest BCUT2D eigenvalue weighted by Gasteiger charge is -2.40. The molecule has 14 radical (unpaired) electrons. The predicted molar refractivity (Wildman–Crippen MR) is 159 cm³/mol. The molecule has 8 nitrogen and oxygen atoms in total. The molecule has 1 atom stereocenters. The summed E-state index contributed by atoms with van der Waals surface area (Å²) in [4.78, 5) is 41.0. The molecule has 3 heterocycles. The summed E-state index contributed by atoms with van der Waals surface area (Å²) < 4.78 is 20.7. The Labute approximate surface area is 248 Å². The second-order valence-electron chi connectivity index (χ2n) is 10.2. The van der Waals surface area contributed by atoms with Crippen LogP contribution in [0.3, 0.4) is 0 Å². The molecule has 3 fully saturated rings. The number of likely N-dealkylation sites (tertiary alicyclic amines) is 1. The van der Waals surface area contributed by atoms with Gasteiger partial charge >= 0.3 is 0 Å². The summed E-state index contributed by atoms with van der Waals surface area (Å²) in [6.07, 6.45) is -0.208. The molecule has 0 bridgehead atoms. The maximum absolute atomic E-state index is 15.3. The topological polar surface area (TPSA) is 91.0 Å². The molecule has 16 heteroatoms. The number of allylic oxidation sites excluding steroid dienone is 2. The molecule has 0 saturated carbocycles. The Kier molecular flexibility index (Phi) is 9.24. The number of hydrogen-bond donors (Lipinski definition) is 2. The number of halogens is 1.